The van der Waals surface area contributed by atoms with Crippen molar-refractivity contribution in [2.24, 2.45) is 0 Å². The molecule has 0 aromatic carbocycles. The summed E-state index contributed by atoms with van der Waals surface area (Å²) in [6.07, 6.45) is 0. The Balaban J connectivity index is 2.25. The lowest BCUT2D eigenvalue weighted by Gasteiger charge is -2.01. The zero-order valence-corrected chi connectivity index (χ0v) is 10.9. The number of aromatic amines is 1. The summed E-state index contributed by atoms with van der Waals surface area (Å²) >= 11 is 6.53. The standard InChI is InChI=1S/C8H6ClN3O4S2/c9-5-1-2-7(17-5)18(15,16)12-6-3-4(8(13)14)10-11-6/h1-3H,(H,13,14)(H2,10,11,12). The number of sulfonamides is 1. The lowest BCUT2D eigenvalue weighted by molar-refractivity contribution is 0.0690. The quantitative estimate of drug-likeness (QED) is 0.794. The zero-order valence-electron chi connectivity index (χ0n) is 8.55. The molecule has 0 aliphatic carbocycles. The van der Waals surface area contributed by atoms with Crippen molar-refractivity contribution < 1.29 is 18.3 Å². The average molecular weight is 308 g/mol. The molecule has 2 aromatic rings. The van der Waals surface area contributed by atoms with Crippen molar-refractivity contribution in [3.05, 3.63) is 28.2 Å². The summed E-state index contributed by atoms with van der Waals surface area (Å²) < 4.78 is 26.2. The van der Waals surface area contributed by atoms with E-state index in [2.05, 4.69) is 14.9 Å². The van der Waals surface area contributed by atoms with E-state index in [0.29, 0.717) is 4.34 Å². The first-order valence-corrected chi connectivity index (χ1v) is 7.13. The third-order valence-corrected chi connectivity index (χ3v) is 4.94. The highest BCUT2D eigenvalue weighted by molar-refractivity contribution is 7.94. The van der Waals surface area contributed by atoms with Gasteiger partial charge in [-0.15, -0.1) is 11.3 Å². The maximum atomic E-state index is 11.8. The molecule has 0 amide bonds. The van der Waals surface area contributed by atoms with Gasteiger partial charge in [-0.1, -0.05) is 11.6 Å². The minimum atomic E-state index is -3.80. The van der Waals surface area contributed by atoms with Gasteiger partial charge >= 0.3 is 5.97 Å². The van der Waals surface area contributed by atoms with Gasteiger partial charge < -0.3 is 5.11 Å². The van der Waals surface area contributed by atoms with Gasteiger partial charge in [0, 0.05) is 6.07 Å². The predicted octanol–water partition coefficient (Wildman–Crippen LogP) is 1.62. The molecule has 0 aliphatic heterocycles. The molecule has 96 valence electrons. The fourth-order valence-corrected chi connectivity index (χ4v) is 3.59. The number of nitrogens with one attached hydrogen (secondary N) is 2. The molecule has 0 fully saturated rings. The minimum Gasteiger partial charge on any atom is -0.477 e. The van der Waals surface area contributed by atoms with Gasteiger partial charge in [-0.05, 0) is 12.1 Å². The van der Waals surface area contributed by atoms with E-state index in [0.717, 1.165) is 17.4 Å². The van der Waals surface area contributed by atoms with Gasteiger partial charge in [0.25, 0.3) is 10.0 Å². The number of rotatable bonds is 4. The molecule has 7 nitrogen and oxygen atoms in total. The van der Waals surface area contributed by atoms with Crippen LogP contribution in [0, 0.1) is 0 Å². The van der Waals surface area contributed by atoms with E-state index in [1.807, 2.05) is 0 Å². The molecule has 18 heavy (non-hydrogen) atoms. The highest BCUT2D eigenvalue weighted by Crippen LogP contribution is 2.26. The number of carboxylic acid groups (broad SMARTS) is 1. The fraction of sp³-hybridized carbons (Fsp3) is 0. The van der Waals surface area contributed by atoms with Gasteiger partial charge in [0.05, 0.1) is 4.34 Å². The molecule has 2 rings (SSSR count). The van der Waals surface area contributed by atoms with E-state index in [4.69, 9.17) is 16.7 Å². The normalized spacial score (nSPS) is 11.4. The second kappa shape index (κ2) is 4.59. The van der Waals surface area contributed by atoms with Crippen molar-refractivity contribution in [2.45, 2.75) is 4.21 Å². The summed E-state index contributed by atoms with van der Waals surface area (Å²) in [7, 11) is -3.80. The molecule has 0 aliphatic rings. The highest BCUT2D eigenvalue weighted by atomic mass is 35.5. The number of aromatic carboxylic acids is 1. The van der Waals surface area contributed by atoms with Crippen LogP contribution in [0.3, 0.4) is 0 Å². The van der Waals surface area contributed by atoms with Crippen molar-refractivity contribution >= 4 is 44.7 Å². The number of carbonyl (C=O) groups is 1. The Bertz CT molecular complexity index is 691. The van der Waals surface area contributed by atoms with Crippen LogP contribution in [-0.4, -0.2) is 29.7 Å². The topological polar surface area (TPSA) is 112 Å². The Morgan fingerprint density at radius 3 is 2.72 bits per heavy atom. The predicted molar refractivity (Wildman–Crippen MR) is 65.7 cm³/mol. The van der Waals surface area contributed by atoms with Gasteiger partial charge in [-0.2, -0.15) is 5.10 Å². The molecule has 2 aromatic heterocycles. The molecule has 3 N–H and O–H groups in total. The van der Waals surface area contributed by atoms with Crippen LogP contribution in [0.1, 0.15) is 10.5 Å². The maximum Gasteiger partial charge on any atom is 0.353 e. The minimum absolute atomic E-state index is 0.0207. The summed E-state index contributed by atoms with van der Waals surface area (Å²) in [5, 5.41) is 14.4. The van der Waals surface area contributed by atoms with Crippen molar-refractivity contribution in [1.29, 1.82) is 0 Å². The molecule has 0 radical (unpaired) electrons. The molecule has 0 bridgehead atoms. The summed E-state index contributed by atoms with van der Waals surface area (Å²) in [6, 6.07) is 3.88. The van der Waals surface area contributed by atoms with Crippen molar-refractivity contribution in [1.82, 2.24) is 10.2 Å². The number of hydrogen-bond acceptors (Lipinski definition) is 5. The fourth-order valence-electron chi connectivity index (χ4n) is 1.11. The van der Waals surface area contributed by atoms with E-state index in [9.17, 15) is 13.2 Å². The average Bonchev–Trinajstić information content (AvgIpc) is 2.86. The number of aromatic nitrogens is 2. The zero-order chi connectivity index (χ0) is 13.3. The highest BCUT2D eigenvalue weighted by Gasteiger charge is 2.19. The van der Waals surface area contributed by atoms with Gasteiger partial charge in [-0.25, -0.2) is 13.2 Å². The Morgan fingerprint density at radius 2 is 2.22 bits per heavy atom. The smallest absolute Gasteiger partial charge is 0.353 e. The van der Waals surface area contributed by atoms with Crippen LogP contribution in [0.15, 0.2) is 22.4 Å². The lowest BCUT2D eigenvalue weighted by atomic mass is 10.4. The van der Waals surface area contributed by atoms with Gasteiger partial charge in [0.2, 0.25) is 0 Å². The first-order valence-electron chi connectivity index (χ1n) is 4.45. The second-order valence-corrected chi connectivity index (χ2v) is 6.76. The van der Waals surface area contributed by atoms with Crippen molar-refractivity contribution in [2.75, 3.05) is 4.72 Å². The summed E-state index contributed by atoms with van der Waals surface area (Å²) in [6.45, 7) is 0. The number of hydrogen-bond donors (Lipinski definition) is 3. The van der Waals surface area contributed by atoms with Crippen LogP contribution < -0.4 is 4.72 Å². The SMILES string of the molecule is O=C(O)c1cc(NS(=O)(=O)c2ccc(Cl)s2)n[nH]1. The Kier molecular flexibility index (Phi) is 3.28. The van der Waals surface area contributed by atoms with E-state index in [-0.39, 0.29) is 15.7 Å². The number of H-pyrrole nitrogens is 1. The first kappa shape index (κ1) is 12.9. The monoisotopic (exact) mass is 307 g/mol. The summed E-state index contributed by atoms with van der Waals surface area (Å²) in [4.78, 5) is 10.6. The van der Waals surface area contributed by atoms with Crippen LogP contribution >= 0.6 is 22.9 Å². The van der Waals surface area contributed by atoms with E-state index < -0.39 is 16.0 Å². The van der Waals surface area contributed by atoms with Crippen LogP contribution in [0.4, 0.5) is 5.82 Å². The molecular weight excluding hydrogens is 302 g/mol. The molecular formula is C8H6ClN3O4S2. The van der Waals surface area contributed by atoms with E-state index >= 15 is 0 Å². The van der Waals surface area contributed by atoms with E-state index in [1.54, 1.807) is 0 Å². The summed E-state index contributed by atoms with van der Waals surface area (Å²) in [5.41, 5.74) is -0.211. The number of thiophene rings is 1. The Labute approximate surface area is 110 Å². The lowest BCUT2D eigenvalue weighted by Crippen LogP contribution is -2.11. The van der Waals surface area contributed by atoms with Crippen molar-refractivity contribution in [3.63, 3.8) is 0 Å². The van der Waals surface area contributed by atoms with Crippen molar-refractivity contribution in [3.8, 4) is 0 Å². The van der Waals surface area contributed by atoms with E-state index in [1.165, 1.54) is 12.1 Å². The number of anilines is 1. The van der Waals surface area contributed by atoms with Gasteiger partial charge in [0.1, 0.15) is 9.90 Å². The molecule has 0 saturated carbocycles. The molecule has 0 saturated heterocycles. The van der Waals surface area contributed by atoms with Crippen LogP contribution in [0.2, 0.25) is 4.34 Å². The second-order valence-electron chi connectivity index (χ2n) is 3.14. The molecule has 10 heteroatoms. The third-order valence-electron chi connectivity index (χ3n) is 1.86. The Morgan fingerprint density at radius 1 is 1.50 bits per heavy atom. The largest absolute Gasteiger partial charge is 0.477 e. The third kappa shape index (κ3) is 2.63. The van der Waals surface area contributed by atoms with Gasteiger partial charge in [-0.3, -0.25) is 9.82 Å². The van der Waals surface area contributed by atoms with Crippen LogP contribution in [0.25, 0.3) is 0 Å². The maximum absolute atomic E-state index is 11.8. The van der Waals surface area contributed by atoms with Crippen LogP contribution in [0.5, 0.6) is 0 Å². The number of halogens is 1. The number of nitrogens with zero attached hydrogens (tertiary/aromatic N) is 1. The molecule has 2 heterocycles. The van der Waals surface area contributed by atoms with Gasteiger partial charge in [0.15, 0.2) is 5.82 Å². The molecule has 0 atom stereocenters. The number of carboxylic acids is 1. The first-order chi connectivity index (χ1) is 8.38. The molecule has 0 unspecified atom stereocenters. The van der Waals surface area contributed by atoms with Crippen LogP contribution in [-0.2, 0) is 10.0 Å². The molecule has 0 spiro atoms. The Hall–Kier alpha value is -1.58. The summed E-state index contributed by atoms with van der Waals surface area (Å²) in [5.74, 6) is -1.33.